The van der Waals surface area contributed by atoms with Gasteiger partial charge in [-0.2, -0.15) is 12.9 Å². The summed E-state index contributed by atoms with van der Waals surface area (Å²) < 4.78 is 170. The Morgan fingerprint density at radius 1 is 0.343 bits per heavy atom. The Bertz CT molecular complexity index is 6910. The van der Waals surface area contributed by atoms with Crippen molar-refractivity contribution in [3.63, 3.8) is 0 Å². The molecule has 0 radical (unpaired) electrons. The third kappa shape index (κ3) is 26.9. The Kier molecular flexibility index (Phi) is 33.9. The van der Waals surface area contributed by atoms with Gasteiger partial charge in [-0.1, -0.05) is 199 Å². The molecule has 9 aromatic carbocycles. The van der Waals surface area contributed by atoms with Crippen molar-refractivity contribution >= 4 is 64.9 Å². The average molecular weight is 1930 g/mol. The lowest BCUT2D eigenvalue weighted by molar-refractivity contribution is -0.275. The second kappa shape index (κ2) is 45.8. The number of rotatable bonds is 37. The minimum absolute atomic E-state index is 0.0193. The molecule has 0 saturated heterocycles. The normalized spacial score (nSPS) is 11.9. The number of alkyl halides is 3. The van der Waals surface area contributed by atoms with Crippen molar-refractivity contribution in [3.05, 3.63) is 385 Å². The van der Waals surface area contributed by atoms with Crippen LogP contribution < -0.4 is 4.74 Å². The van der Waals surface area contributed by atoms with Crippen LogP contribution in [0.5, 0.6) is 5.75 Å². The van der Waals surface area contributed by atoms with Gasteiger partial charge in [-0.05, 0) is 258 Å². The molecule has 6 aromatic heterocycles. The number of unbranched alkanes of at least 4 members (excludes halogenated alkanes) is 3. The largest absolute Gasteiger partial charge is 0.573 e. The van der Waals surface area contributed by atoms with E-state index in [2.05, 4.69) is 62.4 Å². The SMILES string of the molecule is Cc1cccc(Cn2cnnc2CN(CCCCc2ccccc2)S(=O)(=O)c2cc(F)c(-c3ccc(C)c(Cl)c3)cc2F)n1.Cc1cccc(Cn2cnnc2CN(CCCCc2ccccc2)S(=O)(=O)c2ccc(-c3ccc(C)c(Cl)c3)cc2C)n1.Cc1cccc(Cn2cnnc2CN(CCCCc2ccccc2)S(=O)(=O)c2ccc(-c3ccc(C)c(Cl)c3)cc2OC(F)(F)F)n1. The lowest BCUT2D eigenvalue weighted by atomic mass is 10.0. The number of pyridine rings is 3. The van der Waals surface area contributed by atoms with Crippen LogP contribution in [0.2, 0.25) is 15.1 Å². The van der Waals surface area contributed by atoms with Crippen molar-refractivity contribution in [2.45, 2.75) is 167 Å². The summed E-state index contributed by atoms with van der Waals surface area (Å²) in [6.45, 7) is 14.3. The fraction of sp³-hybridized carbons (Fsp3) is 0.257. The number of aryl methyl sites for hydroxylation is 10. The summed E-state index contributed by atoms with van der Waals surface area (Å²) in [4.78, 5) is 12.5. The quantitative estimate of drug-likeness (QED) is 0.0259. The van der Waals surface area contributed by atoms with Crippen LogP contribution >= 0.6 is 34.8 Å². The molecule has 0 saturated carbocycles. The number of halogens is 8. The highest BCUT2D eigenvalue weighted by Gasteiger charge is 2.38. The van der Waals surface area contributed by atoms with Crippen molar-refractivity contribution < 1.29 is 51.9 Å². The van der Waals surface area contributed by atoms with Crippen LogP contribution in [-0.2, 0) is 88.6 Å². The van der Waals surface area contributed by atoms with E-state index in [0.717, 1.165) is 125 Å². The van der Waals surface area contributed by atoms with Crippen molar-refractivity contribution in [2.75, 3.05) is 19.6 Å². The molecule has 0 unspecified atom stereocenters. The second-order valence-electron chi connectivity index (χ2n) is 32.6. The molecule has 0 N–H and O–H groups in total. The highest BCUT2D eigenvalue weighted by Crippen LogP contribution is 2.39. The zero-order valence-corrected chi connectivity index (χ0v) is 79.7. The Balaban J connectivity index is 0.000000171. The highest BCUT2D eigenvalue weighted by molar-refractivity contribution is 7.89. The fourth-order valence-corrected chi connectivity index (χ4v) is 20.4. The lowest BCUT2D eigenvalue weighted by Gasteiger charge is -2.24. The Labute approximate surface area is 793 Å². The van der Waals surface area contributed by atoms with E-state index in [9.17, 15) is 38.4 Å². The van der Waals surface area contributed by atoms with Crippen LogP contribution in [-0.4, -0.2) is 123 Å². The van der Waals surface area contributed by atoms with Gasteiger partial charge in [-0.15, -0.1) is 43.8 Å². The summed E-state index contributed by atoms with van der Waals surface area (Å²) >= 11 is 18.8. The fourth-order valence-electron chi connectivity index (χ4n) is 15.2. The maximum atomic E-state index is 15.6. The first-order chi connectivity index (χ1) is 64.2. The summed E-state index contributed by atoms with van der Waals surface area (Å²) in [5.74, 6) is -1.54. The number of benzene rings is 9. The molecule has 6 heterocycles. The number of hydrogen-bond acceptors (Lipinski definition) is 16. The monoisotopic (exact) mass is 1930 g/mol. The number of nitrogens with zero attached hydrogens (tertiary/aromatic N) is 15. The van der Waals surface area contributed by atoms with Crippen LogP contribution in [0, 0.1) is 60.1 Å². The minimum atomic E-state index is -5.14. The maximum absolute atomic E-state index is 15.6. The van der Waals surface area contributed by atoms with Crippen LogP contribution in [0.4, 0.5) is 22.0 Å². The highest BCUT2D eigenvalue weighted by atomic mass is 35.5. The number of aromatic nitrogens is 12. The Morgan fingerprint density at radius 2 is 0.679 bits per heavy atom. The van der Waals surface area contributed by atoms with Gasteiger partial charge >= 0.3 is 6.36 Å². The molecule has 0 spiro atoms. The van der Waals surface area contributed by atoms with Crippen LogP contribution in [0.15, 0.2) is 282 Å². The van der Waals surface area contributed by atoms with Crippen molar-refractivity contribution in [3.8, 4) is 39.1 Å². The Hall–Kier alpha value is -12.1. The second-order valence-corrected chi connectivity index (χ2v) is 39.6. The van der Waals surface area contributed by atoms with Gasteiger partial charge in [0.15, 0.2) is 0 Å². The molecular formula is C101H101Cl3F5N15O7S3. The molecule has 0 bridgehead atoms. The van der Waals surface area contributed by atoms with E-state index in [0.29, 0.717) is 113 Å². The molecule has 22 nitrogen and oxygen atoms in total. The van der Waals surface area contributed by atoms with Crippen molar-refractivity contribution in [1.29, 1.82) is 0 Å². The molecule has 33 heteroatoms. The summed E-state index contributed by atoms with van der Waals surface area (Å²) in [5.41, 5.74) is 14.6. The van der Waals surface area contributed by atoms with Crippen LogP contribution in [0.1, 0.15) is 129 Å². The summed E-state index contributed by atoms with van der Waals surface area (Å²) in [5, 5.41) is 26.2. The summed E-state index contributed by atoms with van der Waals surface area (Å²) in [6.07, 6.45) is 5.65. The average Bonchev–Trinajstić information content (AvgIpc) is 0.991. The first kappa shape index (κ1) is 99.4. The first-order valence-corrected chi connectivity index (χ1v) is 49.0. The molecule has 15 rings (SSSR count). The van der Waals surface area contributed by atoms with Gasteiger partial charge in [0, 0.05) is 57.3 Å². The number of sulfonamides is 3. The van der Waals surface area contributed by atoms with E-state index >= 15 is 8.78 Å². The first-order valence-electron chi connectivity index (χ1n) is 43.5. The van der Waals surface area contributed by atoms with E-state index in [1.165, 1.54) is 34.7 Å². The maximum Gasteiger partial charge on any atom is 0.573 e. The number of hydrogen-bond donors (Lipinski definition) is 0. The summed E-state index contributed by atoms with van der Waals surface area (Å²) in [7, 11) is -12.9. The predicted octanol–water partition coefficient (Wildman–Crippen LogP) is 22.1. The zero-order chi connectivity index (χ0) is 95.3. The van der Waals surface area contributed by atoms with Gasteiger partial charge in [-0.25, -0.2) is 34.0 Å². The molecule has 0 aliphatic heterocycles. The Morgan fingerprint density at radius 3 is 1.04 bits per heavy atom. The van der Waals surface area contributed by atoms with Gasteiger partial charge in [0.1, 0.15) is 63.6 Å². The topological polar surface area (TPSA) is 252 Å². The molecule has 0 aliphatic carbocycles. The van der Waals surface area contributed by atoms with E-state index in [1.54, 1.807) is 65.7 Å². The van der Waals surface area contributed by atoms with E-state index in [4.69, 9.17) is 34.8 Å². The molecule has 0 amide bonds. The van der Waals surface area contributed by atoms with Crippen LogP contribution in [0.3, 0.4) is 0 Å². The zero-order valence-electron chi connectivity index (χ0n) is 74.9. The lowest BCUT2D eigenvalue weighted by Crippen LogP contribution is -2.33. The predicted molar refractivity (Wildman–Crippen MR) is 511 cm³/mol. The molecule has 134 heavy (non-hydrogen) atoms. The molecule has 15 aromatic rings. The van der Waals surface area contributed by atoms with Crippen LogP contribution in [0.25, 0.3) is 33.4 Å². The van der Waals surface area contributed by atoms with Crippen molar-refractivity contribution in [2.24, 2.45) is 0 Å². The van der Waals surface area contributed by atoms with E-state index in [1.807, 2.05) is 203 Å². The molecule has 0 atom stereocenters. The van der Waals surface area contributed by atoms with Gasteiger partial charge < -0.3 is 18.4 Å². The van der Waals surface area contributed by atoms with Crippen molar-refractivity contribution in [1.82, 2.24) is 72.2 Å². The third-order valence-corrected chi connectivity index (χ3v) is 29.5. The summed E-state index contributed by atoms with van der Waals surface area (Å²) in [6, 6.07) is 73.4. The number of ether oxygens (including phenoxy) is 1. The molecule has 696 valence electrons. The molecule has 0 aliphatic rings. The van der Waals surface area contributed by atoms with Gasteiger partial charge in [-0.3, -0.25) is 15.0 Å². The minimum Gasteiger partial charge on any atom is -0.404 e. The third-order valence-electron chi connectivity index (χ3n) is 22.5. The van der Waals surface area contributed by atoms with Gasteiger partial charge in [0.25, 0.3) is 0 Å². The molecule has 0 fully saturated rings. The van der Waals surface area contributed by atoms with Gasteiger partial charge in [0.05, 0.1) is 61.2 Å². The van der Waals surface area contributed by atoms with Gasteiger partial charge in [0.2, 0.25) is 30.1 Å². The van der Waals surface area contributed by atoms with E-state index in [-0.39, 0.29) is 49.7 Å². The smallest absolute Gasteiger partial charge is 0.404 e. The molecular weight excluding hydrogens is 1830 g/mol. The van der Waals surface area contributed by atoms with E-state index < -0.39 is 63.6 Å². The standard InChI is InChI=1S/C34H33ClF3N5O3S.C34H36ClN5O2S.C33H32ClF2N5O2S/c1-24-14-15-27(19-30(24)35)28-16-17-32(31(20-28)46-34(36,37)38)47(44,45)43(18-7-6-12-26-10-4-3-5-11-26)22-33-41-39-23-42(33)21-29-13-8-9-25(2)40-29;1-25-15-16-30(21-32(25)35)29-17-18-33(26(2)20-29)43(41,42)40(19-8-7-13-28-11-5-4-6-12-28)23-34-38-36-24-39(34)22-31-14-9-10-27(3)37-31;1-23-14-15-26(17-29(23)34)28-18-31(36)32(19-30(28)35)44(42,43)41(16-7-6-12-25-10-4-3-5-11-25)21-33-39-37-22-40(33)20-27-13-8-9-24(2)38-27/h3-5,8-11,13-17,19-20,23H,6-7,12,18,21-22H2,1-2H3;4-6,9-12,14-18,20-21,24H,7-8,13,19,22-23H2,1-3H3;3-5,8-11,13-15,17-19,22H,6-7,12,16,20-21H2,1-2H3.